The Morgan fingerprint density at radius 2 is 2.11 bits per heavy atom. The zero-order valence-electron chi connectivity index (χ0n) is 12.0. The first-order chi connectivity index (χ1) is 8.38. The zero-order valence-corrected chi connectivity index (χ0v) is 12.0. The third kappa shape index (κ3) is 2.95. The lowest BCUT2D eigenvalue weighted by Crippen LogP contribution is -2.61. The molecule has 2 rings (SSSR count). The Morgan fingerprint density at radius 3 is 2.50 bits per heavy atom. The molecule has 1 unspecified atom stereocenters. The average molecular weight is 254 g/mol. The summed E-state index contributed by atoms with van der Waals surface area (Å²) in [4.78, 5) is 15.7. The van der Waals surface area contributed by atoms with E-state index in [4.69, 9.17) is 0 Å². The van der Waals surface area contributed by atoms with Crippen LogP contribution in [-0.4, -0.2) is 61.3 Å². The van der Waals surface area contributed by atoms with Gasteiger partial charge in [0, 0.05) is 32.7 Å². The fraction of sp³-hybridized carbons (Fsp3) is 0.923. The minimum Gasteiger partial charge on any atom is -0.326 e. The van der Waals surface area contributed by atoms with Gasteiger partial charge in [0.1, 0.15) is 0 Å². The lowest BCUT2D eigenvalue weighted by molar-refractivity contribution is 0.150. The molecule has 2 aliphatic rings. The number of amides is 2. The van der Waals surface area contributed by atoms with Gasteiger partial charge >= 0.3 is 6.03 Å². The number of carbonyl (C=O) groups is 1. The van der Waals surface area contributed by atoms with Crippen molar-refractivity contribution in [2.75, 3.05) is 33.2 Å². The van der Waals surface area contributed by atoms with E-state index in [9.17, 15) is 4.79 Å². The van der Waals surface area contributed by atoms with Crippen molar-refractivity contribution in [1.29, 1.82) is 0 Å². The number of urea groups is 1. The monoisotopic (exact) mass is 254 g/mol. The first kappa shape index (κ1) is 13.6. The van der Waals surface area contributed by atoms with Gasteiger partial charge in [-0.2, -0.15) is 0 Å². The van der Waals surface area contributed by atoms with E-state index in [0.717, 1.165) is 26.2 Å². The molecule has 0 spiro atoms. The molecule has 2 atom stereocenters. The van der Waals surface area contributed by atoms with Crippen molar-refractivity contribution in [1.82, 2.24) is 20.4 Å². The Balaban J connectivity index is 1.94. The van der Waals surface area contributed by atoms with Gasteiger partial charge in [-0.25, -0.2) is 4.79 Å². The van der Waals surface area contributed by atoms with E-state index in [0.29, 0.717) is 12.2 Å². The van der Waals surface area contributed by atoms with Crippen LogP contribution in [-0.2, 0) is 0 Å². The van der Waals surface area contributed by atoms with Gasteiger partial charge in [0.2, 0.25) is 0 Å². The summed E-state index contributed by atoms with van der Waals surface area (Å²) in [6, 6.07) is 0.485. The fourth-order valence-corrected chi connectivity index (χ4v) is 2.34. The van der Waals surface area contributed by atoms with Crippen LogP contribution < -0.4 is 10.6 Å². The second-order valence-electron chi connectivity index (χ2n) is 6.53. The average Bonchev–Trinajstić information content (AvgIpc) is 2.51. The quantitative estimate of drug-likeness (QED) is 0.775. The van der Waals surface area contributed by atoms with Gasteiger partial charge in [-0.05, 0) is 18.4 Å². The molecular weight excluding hydrogens is 228 g/mol. The molecule has 0 radical (unpaired) electrons. The van der Waals surface area contributed by atoms with Crippen molar-refractivity contribution in [3.05, 3.63) is 0 Å². The molecule has 2 heterocycles. The molecule has 2 fully saturated rings. The summed E-state index contributed by atoms with van der Waals surface area (Å²) in [6.07, 6.45) is 1.60. The molecule has 0 aliphatic carbocycles. The Morgan fingerprint density at radius 1 is 1.44 bits per heavy atom. The van der Waals surface area contributed by atoms with Crippen LogP contribution in [0.4, 0.5) is 4.79 Å². The summed E-state index contributed by atoms with van der Waals surface area (Å²) in [5.41, 5.74) is 0.151. The highest BCUT2D eigenvalue weighted by Crippen LogP contribution is 2.22. The van der Waals surface area contributed by atoms with E-state index >= 15 is 0 Å². The van der Waals surface area contributed by atoms with Crippen LogP contribution in [0.3, 0.4) is 0 Å². The van der Waals surface area contributed by atoms with E-state index in [1.807, 2.05) is 11.9 Å². The van der Waals surface area contributed by atoms with Crippen LogP contribution in [0.5, 0.6) is 0 Å². The summed E-state index contributed by atoms with van der Waals surface area (Å²) >= 11 is 0. The molecule has 0 saturated carbocycles. The van der Waals surface area contributed by atoms with Crippen LogP contribution in [0.25, 0.3) is 0 Å². The first-order valence-electron chi connectivity index (χ1n) is 6.87. The molecule has 0 bridgehead atoms. The van der Waals surface area contributed by atoms with Crippen LogP contribution in [0.15, 0.2) is 0 Å². The van der Waals surface area contributed by atoms with Crippen LogP contribution in [0.1, 0.15) is 27.2 Å². The van der Waals surface area contributed by atoms with Crippen molar-refractivity contribution >= 4 is 6.03 Å². The van der Waals surface area contributed by atoms with Crippen molar-refractivity contribution in [3.63, 3.8) is 0 Å². The first-order valence-corrected chi connectivity index (χ1v) is 6.87. The Kier molecular flexibility index (Phi) is 3.82. The van der Waals surface area contributed by atoms with E-state index in [-0.39, 0.29) is 11.4 Å². The number of carbonyl (C=O) groups excluding carboxylic acids is 1. The van der Waals surface area contributed by atoms with Gasteiger partial charge in [-0.15, -0.1) is 0 Å². The number of likely N-dealkylation sites (N-methyl/N-ethyl adjacent to an activating group) is 1. The SMILES string of the molecule is CN1CCN(C[C@@H](NC2CCN2)C(C)(C)C)C1=O. The molecular formula is C13H26N4O. The maximum absolute atomic E-state index is 11.9. The third-order valence-corrected chi connectivity index (χ3v) is 3.98. The van der Waals surface area contributed by atoms with Crippen LogP contribution in [0.2, 0.25) is 0 Å². The topological polar surface area (TPSA) is 47.6 Å². The predicted molar refractivity (Wildman–Crippen MR) is 72.4 cm³/mol. The number of nitrogens with one attached hydrogen (secondary N) is 2. The standard InChI is InChI=1S/C13H26N4O/c1-13(2,3)10(15-11-5-6-14-11)9-17-8-7-16(4)12(17)18/h10-11,14-15H,5-9H2,1-4H3/t10-,11?/m1/s1. The molecule has 5 heteroatoms. The summed E-state index contributed by atoms with van der Waals surface area (Å²) in [7, 11) is 1.87. The van der Waals surface area contributed by atoms with E-state index in [1.54, 1.807) is 4.90 Å². The zero-order chi connectivity index (χ0) is 13.3. The normalized spacial score (nSPS) is 26.4. The lowest BCUT2D eigenvalue weighted by Gasteiger charge is -2.40. The molecule has 2 N–H and O–H groups in total. The number of hydrogen-bond acceptors (Lipinski definition) is 3. The maximum Gasteiger partial charge on any atom is 0.319 e. The molecule has 0 aromatic rings. The smallest absolute Gasteiger partial charge is 0.319 e. The summed E-state index contributed by atoms with van der Waals surface area (Å²) in [5, 5.41) is 7.00. The van der Waals surface area contributed by atoms with Crippen molar-refractivity contribution in [2.45, 2.75) is 39.4 Å². The summed E-state index contributed by atoms with van der Waals surface area (Å²) in [5.74, 6) is 0. The van der Waals surface area contributed by atoms with Gasteiger partial charge in [0.05, 0.1) is 6.17 Å². The third-order valence-electron chi connectivity index (χ3n) is 3.98. The number of rotatable bonds is 4. The Bertz CT molecular complexity index is 309. The molecule has 104 valence electrons. The molecule has 2 saturated heterocycles. The van der Waals surface area contributed by atoms with Gasteiger partial charge < -0.3 is 15.1 Å². The molecule has 5 nitrogen and oxygen atoms in total. The predicted octanol–water partition coefficient (Wildman–Crippen LogP) is 0.678. The highest BCUT2D eigenvalue weighted by Gasteiger charge is 2.34. The maximum atomic E-state index is 11.9. The van der Waals surface area contributed by atoms with Gasteiger partial charge in [0.15, 0.2) is 0 Å². The Labute approximate surface area is 110 Å². The molecule has 0 aromatic heterocycles. The largest absolute Gasteiger partial charge is 0.326 e. The van der Waals surface area contributed by atoms with E-state index in [1.165, 1.54) is 6.42 Å². The molecule has 18 heavy (non-hydrogen) atoms. The van der Waals surface area contributed by atoms with Gasteiger partial charge in [0.25, 0.3) is 0 Å². The highest BCUT2D eigenvalue weighted by molar-refractivity contribution is 5.76. The van der Waals surface area contributed by atoms with Crippen molar-refractivity contribution in [2.24, 2.45) is 5.41 Å². The van der Waals surface area contributed by atoms with Gasteiger partial charge in [-0.3, -0.25) is 5.32 Å². The van der Waals surface area contributed by atoms with Crippen LogP contribution in [0, 0.1) is 5.41 Å². The Hall–Kier alpha value is -0.810. The molecule has 0 aromatic carbocycles. The fourth-order valence-electron chi connectivity index (χ4n) is 2.34. The molecule has 2 amide bonds. The van der Waals surface area contributed by atoms with Crippen molar-refractivity contribution < 1.29 is 4.79 Å². The highest BCUT2D eigenvalue weighted by atomic mass is 16.2. The second kappa shape index (κ2) is 5.05. The minimum absolute atomic E-state index is 0.151. The molecule has 2 aliphatic heterocycles. The second-order valence-corrected chi connectivity index (χ2v) is 6.53. The summed E-state index contributed by atoms with van der Waals surface area (Å²) < 4.78 is 0. The van der Waals surface area contributed by atoms with Gasteiger partial charge in [-0.1, -0.05) is 20.8 Å². The van der Waals surface area contributed by atoms with E-state index in [2.05, 4.69) is 31.4 Å². The van der Waals surface area contributed by atoms with Crippen molar-refractivity contribution in [3.8, 4) is 0 Å². The number of nitrogens with zero attached hydrogens (tertiary/aromatic N) is 2. The lowest BCUT2D eigenvalue weighted by atomic mass is 9.85. The van der Waals surface area contributed by atoms with E-state index < -0.39 is 0 Å². The number of hydrogen-bond donors (Lipinski definition) is 2. The summed E-state index contributed by atoms with van der Waals surface area (Å²) in [6.45, 7) is 10.3. The van der Waals surface area contributed by atoms with Crippen LogP contribution >= 0.6 is 0 Å². The minimum atomic E-state index is 0.151.